The van der Waals surface area contributed by atoms with E-state index >= 15 is 0 Å². The number of aryl methyl sites for hydroxylation is 2. The first kappa shape index (κ1) is 23.1. The number of aliphatic hydroxyl groups is 1. The molecule has 180 valence electrons. The number of carbonyl (C=O) groups is 1. The molecule has 34 heavy (non-hydrogen) atoms. The van der Waals surface area contributed by atoms with Gasteiger partial charge in [0.25, 0.3) is 5.91 Å². The van der Waals surface area contributed by atoms with E-state index in [0.717, 1.165) is 18.5 Å². The van der Waals surface area contributed by atoms with Gasteiger partial charge >= 0.3 is 0 Å². The van der Waals surface area contributed by atoms with Gasteiger partial charge in [0, 0.05) is 25.7 Å². The highest BCUT2D eigenvalue weighted by Crippen LogP contribution is 2.57. The van der Waals surface area contributed by atoms with Gasteiger partial charge in [0.1, 0.15) is 22.1 Å². The van der Waals surface area contributed by atoms with E-state index in [1.807, 2.05) is 0 Å². The SMILES string of the molecule is Cn1cnc(C2CC3CC(O)(c4c(Cl)c(N)nn4C)CC3C2)c1C(=O)Nc1ccc(F)c(Cl)c1. The van der Waals surface area contributed by atoms with Gasteiger partial charge < -0.3 is 20.7 Å². The smallest absolute Gasteiger partial charge is 0.274 e. The number of amides is 1. The van der Waals surface area contributed by atoms with Crippen LogP contribution in [-0.2, 0) is 19.7 Å². The fraction of sp³-hybridized carbons (Fsp3) is 0.435. The van der Waals surface area contributed by atoms with Crippen molar-refractivity contribution in [2.24, 2.45) is 25.9 Å². The zero-order chi connectivity index (χ0) is 24.4. The summed E-state index contributed by atoms with van der Waals surface area (Å²) in [6.07, 6.45) is 4.34. The summed E-state index contributed by atoms with van der Waals surface area (Å²) in [5.74, 6) is -0.0525. The normalized spacial score (nSPS) is 26.1. The number of nitrogens with one attached hydrogen (secondary N) is 1. The molecule has 0 aliphatic heterocycles. The third-order valence-electron chi connectivity index (χ3n) is 7.24. The number of benzene rings is 1. The Labute approximate surface area is 205 Å². The van der Waals surface area contributed by atoms with Crippen molar-refractivity contribution >= 4 is 40.6 Å². The molecular weight excluding hydrogens is 482 g/mol. The molecule has 0 saturated heterocycles. The maximum Gasteiger partial charge on any atom is 0.274 e. The molecule has 2 aromatic heterocycles. The lowest BCUT2D eigenvalue weighted by atomic mass is 9.90. The molecule has 2 heterocycles. The second-order valence-corrected chi connectivity index (χ2v) is 10.3. The van der Waals surface area contributed by atoms with E-state index in [1.165, 1.54) is 18.2 Å². The minimum atomic E-state index is -1.08. The molecule has 8 nitrogen and oxygen atoms in total. The average molecular weight is 507 g/mol. The van der Waals surface area contributed by atoms with Gasteiger partial charge in [0.2, 0.25) is 0 Å². The Morgan fingerprint density at radius 3 is 2.53 bits per heavy atom. The molecule has 1 aromatic carbocycles. The van der Waals surface area contributed by atoms with Gasteiger partial charge in [0.15, 0.2) is 5.82 Å². The van der Waals surface area contributed by atoms with Gasteiger partial charge in [-0.3, -0.25) is 9.48 Å². The van der Waals surface area contributed by atoms with Gasteiger partial charge in [0.05, 0.1) is 22.7 Å². The Kier molecular flexibility index (Phi) is 5.61. The van der Waals surface area contributed by atoms with E-state index in [-0.39, 0.29) is 34.5 Å². The quantitative estimate of drug-likeness (QED) is 0.490. The van der Waals surface area contributed by atoms with E-state index < -0.39 is 11.4 Å². The van der Waals surface area contributed by atoms with Crippen LogP contribution in [0.25, 0.3) is 0 Å². The minimum absolute atomic E-state index is 0.0607. The molecular formula is C23H25Cl2FN6O2. The Morgan fingerprint density at radius 1 is 1.26 bits per heavy atom. The molecule has 0 spiro atoms. The number of halogens is 3. The van der Waals surface area contributed by atoms with E-state index in [2.05, 4.69) is 15.4 Å². The van der Waals surface area contributed by atoms with Crippen molar-refractivity contribution in [1.29, 1.82) is 0 Å². The third-order valence-corrected chi connectivity index (χ3v) is 7.90. The standard InChI is InChI=1S/C23H25Cl2FN6O2/c1-31-10-28-18(19(31)22(33)29-14-3-4-16(26)15(24)7-14)11-5-12-8-23(34,9-13(12)6-11)20-17(25)21(27)30-32(20)2/h3-4,7,10-13,34H,5-6,8-9H2,1-2H3,(H2,27,30)(H,29,33). The number of aromatic nitrogens is 4. The Balaban J connectivity index is 1.34. The summed E-state index contributed by atoms with van der Waals surface area (Å²) in [5.41, 5.74) is 6.93. The van der Waals surface area contributed by atoms with E-state index in [9.17, 15) is 14.3 Å². The third kappa shape index (κ3) is 3.76. The average Bonchev–Trinajstić information content (AvgIpc) is 3.46. The van der Waals surface area contributed by atoms with Crippen LogP contribution in [0.2, 0.25) is 10.0 Å². The zero-order valence-corrected chi connectivity index (χ0v) is 20.2. The van der Waals surface area contributed by atoms with Crippen LogP contribution in [0.15, 0.2) is 24.5 Å². The minimum Gasteiger partial charge on any atom is -0.383 e. The maximum absolute atomic E-state index is 13.5. The number of carbonyl (C=O) groups excluding carboxylic acids is 1. The van der Waals surface area contributed by atoms with Gasteiger partial charge in [-0.05, 0) is 55.7 Å². The number of hydrogen-bond acceptors (Lipinski definition) is 5. The van der Waals surface area contributed by atoms with Crippen LogP contribution in [-0.4, -0.2) is 30.3 Å². The van der Waals surface area contributed by atoms with Crippen molar-refractivity contribution in [3.63, 3.8) is 0 Å². The van der Waals surface area contributed by atoms with Gasteiger partial charge in [-0.15, -0.1) is 0 Å². The van der Waals surface area contributed by atoms with E-state index in [4.69, 9.17) is 28.9 Å². The number of rotatable bonds is 4. The van der Waals surface area contributed by atoms with Crippen molar-refractivity contribution in [3.8, 4) is 0 Å². The second kappa shape index (κ2) is 8.25. The number of anilines is 2. The molecule has 0 bridgehead atoms. The number of nitrogen functional groups attached to an aromatic ring is 1. The molecule has 4 N–H and O–H groups in total. The summed E-state index contributed by atoms with van der Waals surface area (Å²) >= 11 is 12.2. The molecule has 2 unspecified atom stereocenters. The zero-order valence-electron chi connectivity index (χ0n) is 18.7. The lowest BCUT2D eigenvalue weighted by Gasteiger charge is -2.25. The van der Waals surface area contributed by atoms with Crippen molar-refractivity contribution < 1.29 is 14.3 Å². The molecule has 3 aromatic rings. The monoisotopic (exact) mass is 506 g/mol. The predicted octanol–water partition coefficient (Wildman–Crippen LogP) is 4.23. The highest BCUT2D eigenvalue weighted by molar-refractivity contribution is 6.33. The van der Waals surface area contributed by atoms with Crippen molar-refractivity contribution in [2.75, 3.05) is 11.1 Å². The first-order chi connectivity index (χ1) is 16.1. The molecule has 2 aliphatic carbocycles. The number of nitrogens with zero attached hydrogens (tertiary/aromatic N) is 4. The van der Waals surface area contributed by atoms with Crippen LogP contribution in [0.5, 0.6) is 0 Å². The van der Waals surface area contributed by atoms with Crippen molar-refractivity contribution in [2.45, 2.75) is 37.2 Å². The van der Waals surface area contributed by atoms with Gasteiger partial charge in [-0.1, -0.05) is 23.2 Å². The van der Waals surface area contributed by atoms with Gasteiger partial charge in [-0.25, -0.2) is 9.37 Å². The number of hydrogen-bond donors (Lipinski definition) is 3. The lowest BCUT2D eigenvalue weighted by molar-refractivity contribution is 0.0264. The second-order valence-electron chi connectivity index (χ2n) is 9.47. The van der Waals surface area contributed by atoms with Crippen LogP contribution >= 0.6 is 23.2 Å². The van der Waals surface area contributed by atoms with E-state index in [0.29, 0.717) is 34.9 Å². The van der Waals surface area contributed by atoms with E-state index in [1.54, 1.807) is 29.7 Å². The molecule has 1 amide bonds. The fourth-order valence-electron chi connectivity index (χ4n) is 5.89. The van der Waals surface area contributed by atoms with Gasteiger partial charge in [-0.2, -0.15) is 5.10 Å². The largest absolute Gasteiger partial charge is 0.383 e. The summed E-state index contributed by atoms with van der Waals surface area (Å²) < 4.78 is 16.7. The fourth-order valence-corrected chi connectivity index (χ4v) is 6.41. The highest BCUT2D eigenvalue weighted by atomic mass is 35.5. The number of fused-ring (bicyclic) bond motifs is 1. The summed E-state index contributed by atoms with van der Waals surface area (Å²) in [7, 11) is 3.51. The Bertz CT molecular complexity index is 1270. The summed E-state index contributed by atoms with van der Waals surface area (Å²) in [4.78, 5) is 17.6. The summed E-state index contributed by atoms with van der Waals surface area (Å²) in [6.45, 7) is 0. The van der Waals surface area contributed by atoms with Crippen LogP contribution in [0.1, 0.15) is 53.5 Å². The first-order valence-corrected chi connectivity index (χ1v) is 11.8. The maximum atomic E-state index is 13.5. The Hall–Kier alpha value is -2.62. The topological polar surface area (TPSA) is 111 Å². The molecule has 2 fully saturated rings. The van der Waals surface area contributed by atoms with Crippen LogP contribution < -0.4 is 11.1 Å². The lowest BCUT2D eigenvalue weighted by Crippen LogP contribution is -2.27. The van der Waals surface area contributed by atoms with Crippen molar-refractivity contribution in [1.82, 2.24) is 19.3 Å². The first-order valence-electron chi connectivity index (χ1n) is 11.1. The van der Waals surface area contributed by atoms with Crippen LogP contribution in [0.3, 0.4) is 0 Å². The molecule has 5 rings (SSSR count). The molecule has 11 heteroatoms. The molecule has 2 saturated carbocycles. The molecule has 2 aliphatic rings. The van der Waals surface area contributed by atoms with Crippen molar-refractivity contribution in [3.05, 3.63) is 57.5 Å². The number of nitrogens with two attached hydrogens (primary N) is 1. The number of imidazole rings is 1. The predicted molar refractivity (Wildman–Crippen MR) is 127 cm³/mol. The highest BCUT2D eigenvalue weighted by Gasteiger charge is 2.52. The summed E-state index contributed by atoms with van der Waals surface area (Å²) in [6, 6.07) is 4.05. The Morgan fingerprint density at radius 2 is 1.94 bits per heavy atom. The molecule has 0 radical (unpaired) electrons. The summed E-state index contributed by atoms with van der Waals surface area (Å²) in [5, 5.41) is 18.6. The van der Waals surface area contributed by atoms with Crippen LogP contribution in [0, 0.1) is 17.7 Å². The van der Waals surface area contributed by atoms with Crippen LogP contribution in [0.4, 0.5) is 15.9 Å². The molecule has 2 atom stereocenters.